The molecule has 2 atom stereocenters. The van der Waals surface area contributed by atoms with Crippen molar-refractivity contribution in [2.45, 2.75) is 50.4 Å². The van der Waals surface area contributed by atoms with Gasteiger partial charge in [0.2, 0.25) is 21.8 Å². The van der Waals surface area contributed by atoms with E-state index in [1.54, 1.807) is 9.80 Å². The van der Waals surface area contributed by atoms with E-state index in [1.807, 2.05) is 6.92 Å². The molecule has 1 saturated carbocycles. The van der Waals surface area contributed by atoms with Crippen molar-refractivity contribution in [3.8, 4) is 5.88 Å². The number of aliphatic hydroxyl groups is 2. The third-order valence-electron chi connectivity index (χ3n) is 8.10. The smallest absolute Gasteiger partial charge is 0.410 e. The van der Waals surface area contributed by atoms with Crippen LogP contribution < -0.4 is 9.64 Å². The highest BCUT2D eigenvalue weighted by Gasteiger charge is 2.43. The second-order valence-corrected chi connectivity index (χ2v) is 13.4. The van der Waals surface area contributed by atoms with Crippen molar-refractivity contribution in [1.82, 2.24) is 24.1 Å². The molecule has 1 aliphatic carbocycles. The molecular weight excluding hydrogens is 544 g/mol. The summed E-state index contributed by atoms with van der Waals surface area (Å²) >= 11 is 0. The van der Waals surface area contributed by atoms with Gasteiger partial charge in [-0.25, -0.2) is 23.2 Å². The number of β-amino-alcohol motifs (C(OH)–C–C–N with tert-alkyl or cyclic N) is 2. The maximum absolute atomic E-state index is 12.8. The molecule has 5 rings (SSSR count). The number of amides is 2. The van der Waals surface area contributed by atoms with E-state index in [2.05, 4.69) is 9.97 Å². The zero-order chi connectivity index (χ0) is 28.5. The van der Waals surface area contributed by atoms with Gasteiger partial charge in [-0.1, -0.05) is 0 Å². The Balaban J connectivity index is 1.04. The molecule has 4 fully saturated rings. The first-order chi connectivity index (χ1) is 19.0. The molecule has 0 spiro atoms. The quantitative estimate of drug-likeness (QED) is 0.377. The van der Waals surface area contributed by atoms with E-state index in [0.29, 0.717) is 31.4 Å². The van der Waals surface area contributed by atoms with Crippen molar-refractivity contribution in [3.63, 3.8) is 0 Å². The number of carbonyl (C=O) groups excluding carboxylic acids is 2. The summed E-state index contributed by atoms with van der Waals surface area (Å²) in [4.78, 5) is 38.5. The molecule has 2 N–H and O–H groups in total. The predicted molar refractivity (Wildman–Crippen MR) is 142 cm³/mol. The second kappa shape index (κ2) is 11.7. The number of ether oxygens (including phenoxy) is 2. The minimum absolute atomic E-state index is 0.130. The van der Waals surface area contributed by atoms with Gasteiger partial charge >= 0.3 is 6.09 Å². The first-order valence-corrected chi connectivity index (χ1v) is 15.4. The maximum atomic E-state index is 12.8. The molecule has 1 aromatic heterocycles. The van der Waals surface area contributed by atoms with E-state index in [-0.39, 0.29) is 62.6 Å². The predicted octanol–water partition coefficient (Wildman–Crippen LogP) is -0.728. The van der Waals surface area contributed by atoms with Crippen LogP contribution >= 0.6 is 0 Å². The Morgan fingerprint density at radius 1 is 1.07 bits per heavy atom. The van der Waals surface area contributed by atoms with E-state index < -0.39 is 28.1 Å². The molecule has 4 aliphatic rings. The zero-order valence-electron chi connectivity index (χ0n) is 22.7. The van der Waals surface area contributed by atoms with Crippen LogP contribution in [0.25, 0.3) is 0 Å². The van der Waals surface area contributed by atoms with Crippen molar-refractivity contribution >= 4 is 27.8 Å². The maximum Gasteiger partial charge on any atom is 0.410 e. The fourth-order valence-electron chi connectivity index (χ4n) is 5.10. The first kappa shape index (κ1) is 28.9. The number of anilines is 1. The molecule has 15 heteroatoms. The molecule has 0 radical (unpaired) electrons. The number of nitrogens with zero attached hydrogens (tertiary/aromatic N) is 6. The van der Waals surface area contributed by atoms with Gasteiger partial charge in [0.1, 0.15) is 5.60 Å². The van der Waals surface area contributed by atoms with E-state index in [4.69, 9.17) is 9.47 Å². The van der Waals surface area contributed by atoms with Crippen LogP contribution in [0.5, 0.6) is 5.88 Å². The summed E-state index contributed by atoms with van der Waals surface area (Å²) in [6.07, 6.45) is 4.36. The number of piperazine rings is 1. The molecule has 4 heterocycles. The second-order valence-electron chi connectivity index (χ2n) is 11.4. The van der Waals surface area contributed by atoms with Gasteiger partial charge < -0.3 is 24.6 Å². The summed E-state index contributed by atoms with van der Waals surface area (Å²) in [5.74, 6) is 0.336. The van der Waals surface area contributed by atoms with E-state index >= 15 is 0 Å². The van der Waals surface area contributed by atoms with Gasteiger partial charge in [0, 0.05) is 45.8 Å². The summed E-state index contributed by atoms with van der Waals surface area (Å²) < 4.78 is 38.1. The average Bonchev–Trinajstić information content (AvgIpc) is 3.57. The van der Waals surface area contributed by atoms with Crippen LogP contribution in [0.3, 0.4) is 0 Å². The largest absolute Gasteiger partial charge is 0.476 e. The van der Waals surface area contributed by atoms with Crippen molar-refractivity contribution in [1.29, 1.82) is 0 Å². The number of hydrogen-bond donors (Lipinski definition) is 2. The van der Waals surface area contributed by atoms with Crippen molar-refractivity contribution in [2.24, 2.45) is 5.92 Å². The van der Waals surface area contributed by atoms with Gasteiger partial charge in [0.25, 0.3) is 0 Å². The number of hydrogen-bond acceptors (Lipinski definition) is 11. The Morgan fingerprint density at radius 2 is 1.77 bits per heavy atom. The standard InChI is InChI=1S/C25H38N6O8S/c1-25(4-5-25)39-24(35)29-6-2-18(3-7-29)17-38-22-13-26-21(12-27-22)31-9-8-30(16-23(31)34)40(36,37)11-10-28-14-19(32)20(33)15-28/h12-13,18-20,32-33H,2-11,14-17H2,1H3/t19-,20-/m1/s1. The lowest BCUT2D eigenvalue weighted by Gasteiger charge is -2.33. The number of rotatable bonds is 9. The van der Waals surface area contributed by atoms with Crippen molar-refractivity contribution in [3.05, 3.63) is 12.4 Å². The van der Waals surface area contributed by atoms with Gasteiger partial charge in [-0.2, -0.15) is 4.31 Å². The SMILES string of the molecule is CC1(OC(=O)N2CCC(COc3cnc(N4CCN(S(=O)(=O)CCN5C[C@@H](O)[C@H](O)C5)CC4=O)cn3)CC2)CC1. The average molecular weight is 583 g/mol. The summed E-state index contributed by atoms with van der Waals surface area (Å²) in [6.45, 7) is 4.25. The molecule has 40 heavy (non-hydrogen) atoms. The number of piperidine rings is 1. The molecule has 0 aromatic carbocycles. The molecule has 3 aliphatic heterocycles. The number of carbonyl (C=O) groups is 2. The number of aliphatic hydroxyl groups excluding tert-OH is 2. The normalized spacial score (nSPS) is 26.2. The highest BCUT2D eigenvalue weighted by Crippen LogP contribution is 2.39. The van der Waals surface area contributed by atoms with Crippen molar-refractivity contribution < 1.29 is 37.7 Å². The van der Waals surface area contributed by atoms with Gasteiger partial charge in [-0.05, 0) is 38.5 Å². The fraction of sp³-hybridized carbons (Fsp3) is 0.760. The van der Waals surface area contributed by atoms with Crippen LogP contribution in [0, 0.1) is 5.92 Å². The van der Waals surface area contributed by atoms with Crippen LogP contribution in [-0.4, -0.2) is 137 Å². The lowest BCUT2D eigenvalue weighted by molar-refractivity contribution is -0.120. The minimum Gasteiger partial charge on any atom is -0.476 e. The van der Waals surface area contributed by atoms with Crippen LogP contribution in [0.15, 0.2) is 12.4 Å². The Kier molecular flexibility index (Phi) is 8.47. The molecule has 3 saturated heterocycles. The third-order valence-corrected chi connectivity index (χ3v) is 9.89. The summed E-state index contributed by atoms with van der Waals surface area (Å²) in [6, 6.07) is 0. The Morgan fingerprint density at radius 3 is 2.38 bits per heavy atom. The monoisotopic (exact) mass is 582 g/mol. The summed E-state index contributed by atoms with van der Waals surface area (Å²) in [7, 11) is -3.69. The number of sulfonamides is 1. The zero-order valence-corrected chi connectivity index (χ0v) is 23.5. The lowest BCUT2D eigenvalue weighted by atomic mass is 9.98. The number of likely N-dealkylation sites (tertiary alicyclic amines) is 2. The van der Waals surface area contributed by atoms with E-state index in [1.165, 1.54) is 17.3 Å². The van der Waals surface area contributed by atoms with Gasteiger partial charge in [-0.3, -0.25) is 14.6 Å². The molecule has 0 bridgehead atoms. The molecule has 222 valence electrons. The van der Waals surface area contributed by atoms with E-state index in [0.717, 1.165) is 30.0 Å². The molecule has 1 aromatic rings. The number of aromatic nitrogens is 2. The lowest BCUT2D eigenvalue weighted by Crippen LogP contribution is -2.53. The Bertz CT molecular complexity index is 1160. The highest BCUT2D eigenvalue weighted by atomic mass is 32.2. The fourth-order valence-corrected chi connectivity index (χ4v) is 6.51. The topological polar surface area (TPSA) is 166 Å². The minimum atomic E-state index is -3.69. The Labute approximate surface area is 233 Å². The summed E-state index contributed by atoms with van der Waals surface area (Å²) in [5.41, 5.74) is -0.275. The van der Waals surface area contributed by atoms with Crippen LogP contribution in [0.4, 0.5) is 10.6 Å². The van der Waals surface area contributed by atoms with E-state index in [9.17, 15) is 28.2 Å². The van der Waals surface area contributed by atoms with Crippen molar-refractivity contribution in [2.75, 3.05) is 69.6 Å². The molecular formula is C25H38N6O8S. The first-order valence-electron chi connectivity index (χ1n) is 13.8. The summed E-state index contributed by atoms with van der Waals surface area (Å²) in [5, 5.41) is 19.3. The van der Waals surface area contributed by atoms with Crippen LogP contribution in [0.2, 0.25) is 0 Å². The van der Waals surface area contributed by atoms with Gasteiger partial charge in [0.05, 0.1) is 43.5 Å². The Hall–Kier alpha value is -2.59. The van der Waals surface area contributed by atoms with Gasteiger partial charge in [-0.15, -0.1) is 0 Å². The molecule has 0 unspecified atom stereocenters. The van der Waals surface area contributed by atoms with Crippen LogP contribution in [0.1, 0.15) is 32.6 Å². The van der Waals surface area contributed by atoms with Crippen LogP contribution in [-0.2, 0) is 19.6 Å². The highest BCUT2D eigenvalue weighted by molar-refractivity contribution is 7.89. The molecule has 14 nitrogen and oxygen atoms in total. The molecule has 2 amide bonds. The van der Waals surface area contributed by atoms with Gasteiger partial charge in [0.15, 0.2) is 5.82 Å². The third kappa shape index (κ3) is 7.00.